The first kappa shape index (κ1) is 22.4. The van der Waals surface area contributed by atoms with Gasteiger partial charge in [0, 0.05) is 5.56 Å². The number of aliphatic hydroxyl groups excluding tert-OH is 1. The number of esters is 1. The molecule has 0 aromatic heterocycles. The lowest BCUT2D eigenvalue weighted by atomic mass is 10.1. The fourth-order valence-electron chi connectivity index (χ4n) is 2.01. The van der Waals surface area contributed by atoms with Crippen molar-refractivity contribution < 1.29 is 37.5 Å². The molecule has 0 aliphatic carbocycles. The van der Waals surface area contributed by atoms with Crippen LogP contribution < -0.4 is 9.26 Å². The molecule has 0 heterocycles. The summed E-state index contributed by atoms with van der Waals surface area (Å²) in [4.78, 5) is 12.3. The van der Waals surface area contributed by atoms with E-state index in [2.05, 4.69) is 0 Å². The van der Waals surface area contributed by atoms with Crippen molar-refractivity contribution in [3.63, 3.8) is 0 Å². The normalized spacial score (nSPS) is 12.0. The number of carbonyl (C=O) groups is 1. The van der Waals surface area contributed by atoms with E-state index in [1.165, 1.54) is 19.2 Å². The lowest BCUT2D eigenvalue weighted by Gasteiger charge is -2.22. The predicted octanol–water partition coefficient (Wildman–Crippen LogP) is 3.70. The summed E-state index contributed by atoms with van der Waals surface area (Å²) in [6.45, 7) is 8.23. The molecule has 0 bridgehead atoms. The summed E-state index contributed by atoms with van der Waals surface area (Å²) in [6.07, 6.45) is 0. The Morgan fingerprint density at radius 3 is 2.15 bits per heavy atom. The summed E-state index contributed by atoms with van der Waals surface area (Å²) in [5.41, 5.74) is -0.334. The highest BCUT2D eigenvalue weighted by Gasteiger charge is 2.31. The van der Waals surface area contributed by atoms with Crippen molar-refractivity contribution in [3.8, 4) is 11.5 Å². The summed E-state index contributed by atoms with van der Waals surface area (Å²) in [6, 6.07) is 2.76. The molecule has 0 aliphatic heterocycles. The molecule has 8 nitrogen and oxygen atoms in total. The van der Waals surface area contributed by atoms with Gasteiger partial charge in [-0.3, -0.25) is 9.05 Å². The van der Waals surface area contributed by atoms with E-state index in [-0.39, 0.29) is 35.8 Å². The Labute approximate surface area is 154 Å². The monoisotopic (exact) mass is 390 g/mol. The number of aliphatic hydroxyl groups is 1. The van der Waals surface area contributed by atoms with E-state index in [1.54, 1.807) is 34.6 Å². The summed E-state index contributed by atoms with van der Waals surface area (Å²) >= 11 is 0. The highest BCUT2D eigenvalue weighted by molar-refractivity contribution is 7.48. The number of phosphoric acid groups is 1. The topological polar surface area (TPSA) is 101 Å². The van der Waals surface area contributed by atoms with Crippen molar-refractivity contribution >= 4 is 13.8 Å². The molecule has 0 fully saturated rings. The average Bonchev–Trinajstić information content (AvgIpc) is 2.53. The Bertz CT molecular complexity index is 630. The van der Waals surface area contributed by atoms with Crippen molar-refractivity contribution in [1.29, 1.82) is 0 Å². The van der Waals surface area contributed by atoms with E-state index >= 15 is 0 Å². The van der Waals surface area contributed by atoms with Gasteiger partial charge in [-0.2, -0.15) is 0 Å². The van der Waals surface area contributed by atoms with Gasteiger partial charge in [0.05, 0.1) is 32.5 Å². The first-order valence-corrected chi connectivity index (χ1v) is 9.69. The molecular weight excluding hydrogens is 363 g/mol. The first-order valence-electron chi connectivity index (χ1n) is 8.23. The predicted molar refractivity (Wildman–Crippen MR) is 95.6 cm³/mol. The number of carbonyl (C=O) groups excluding carboxylic acids is 1. The number of ether oxygens (including phenoxy) is 2. The number of methoxy groups -OCH3 is 1. The molecule has 9 heteroatoms. The van der Waals surface area contributed by atoms with Gasteiger partial charge in [-0.25, -0.2) is 9.36 Å². The van der Waals surface area contributed by atoms with E-state index in [0.29, 0.717) is 0 Å². The number of hydrogen-bond acceptors (Lipinski definition) is 8. The second kappa shape index (κ2) is 9.37. The van der Waals surface area contributed by atoms with Gasteiger partial charge in [-0.1, -0.05) is 0 Å². The minimum Gasteiger partial charge on any atom is -0.493 e. The lowest BCUT2D eigenvalue weighted by molar-refractivity contribution is 0.00690. The third-order valence-corrected chi connectivity index (χ3v) is 4.49. The van der Waals surface area contributed by atoms with Gasteiger partial charge in [-0.15, -0.1) is 0 Å². The Balaban J connectivity index is 3.32. The van der Waals surface area contributed by atoms with Gasteiger partial charge in [0.1, 0.15) is 5.60 Å². The maximum atomic E-state index is 12.6. The largest absolute Gasteiger partial charge is 0.530 e. The van der Waals surface area contributed by atoms with E-state index in [4.69, 9.17) is 23.0 Å². The molecule has 0 saturated carbocycles. The van der Waals surface area contributed by atoms with Crippen LogP contribution in [0.4, 0.5) is 0 Å². The summed E-state index contributed by atoms with van der Waals surface area (Å²) in [5.74, 6) is -0.514. The number of phosphoric ester groups is 1. The molecule has 1 aromatic carbocycles. The van der Waals surface area contributed by atoms with Crippen LogP contribution in [0.3, 0.4) is 0 Å². The van der Waals surface area contributed by atoms with Gasteiger partial charge in [0.2, 0.25) is 0 Å². The standard InChI is InChI=1S/C17H27O8P/c1-7-22-26(20,23-8-2)25-15-13(11-18)9-12(10-14(15)21-6)16(19)24-17(3,4)5/h9-10,18H,7-8,11H2,1-6H3. The maximum absolute atomic E-state index is 12.6. The highest BCUT2D eigenvalue weighted by Crippen LogP contribution is 2.52. The Kier molecular flexibility index (Phi) is 8.09. The molecule has 0 radical (unpaired) electrons. The van der Waals surface area contributed by atoms with Crippen LogP contribution in [0.2, 0.25) is 0 Å². The second-order valence-electron chi connectivity index (χ2n) is 6.20. The lowest BCUT2D eigenvalue weighted by Crippen LogP contribution is -2.24. The van der Waals surface area contributed by atoms with Gasteiger partial charge in [0.15, 0.2) is 11.5 Å². The van der Waals surface area contributed by atoms with E-state index in [0.717, 1.165) is 0 Å². The zero-order chi connectivity index (χ0) is 20.0. The molecule has 0 aliphatic rings. The first-order chi connectivity index (χ1) is 12.1. The Hall–Kier alpha value is -1.60. The maximum Gasteiger partial charge on any atom is 0.530 e. The zero-order valence-electron chi connectivity index (χ0n) is 16.0. The van der Waals surface area contributed by atoms with E-state index in [1.807, 2.05) is 0 Å². The summed E-state index contributed by atoms with van der Waals surface area (Å²) in [7, 11) is -2.55. The zero-order valence-corrected chi connectivity index (χ0v) is 16.9. The molecule has 0 spiro atoms. The van der Waals surface area contributed by atoms with Crippen LogP contribution in [-0.2, 0) is 25.0 Å². The number of rotatable bonds is 9. The Morgan fingerprint density at radius 2 is 1.73 bits per heavy atom. The third-order valence-electron chi connectivity index (χ3n) is 2.93. The summed E-state index contributed by atoms with van der Waals surface area (Å²) in [5, 5.41) is 9.67. The SMILES string of the molecule is CCOP(=O)(OCC)Oc1c(CO)cc(C(=O)OC(C)(C)C)cc1OC. The van der Waals surface area contributed by atoms with Crippen LogP contribution in [0.5, 0.6) is 11.5 Å². The van der Waals surface area contributed by atoms with Crippen LogP contribution >= 0.6 is 7.82 Å². The third kappa shape index (κ3) is 6.29. The molecule has 0 saturated heterocycles. The molecule has 1 rings (SSSR count). The molecule has 0 amide bonds. The van der Waals surface area contributed by atoms with Crippen LogP contribution in [-0.4, -0.2) is 37.0 Å². The minimum atomic E-state index is -3.90. The van der Waals surface area contributed by atoms with Crippen molar-refractivity contribution in [1.82, 2.24) is 0 Å². The van der Waals surface area contributed by atoms with Crippen molar-refractivity contribution in [3.05, 3.63) is 23.3 Å². The fraction of sp³-hybridized carbons (Fsp3) is 0.588. The van der Waals surface area contributed by atoms with Crippen molar-refractivity contribution in [2.24, 2.45) is 0 Å². The molecule has 1 N–H and O–H groups in total. The van der Waals surface area contributed by atoms with Crippen LogP contribution in [0.1, 0.15) is 50.5 Å². The minimum absolute atomic E-state index is 0.0208. The van der Waals surface area contributed by atoms with Gasteiger partial charge in [0.25, 0.3) is 0 Å². The molecule has 148 valence electrons. The molecule has 1 aromatic rings. The van der Waals surface area contributed by atoms with Gasteiger partial charge < -0.3 is 19.1 Å². The summed E-state index contributed by atoms with van der Waals surface area (Å²) < 4.78 is 38.8. The fourth-order valence-corrected chi connectivity index (χ4v) is 3.25. The van der Waals surface area contributed by atoms with Gasteiger partial charge >= 0.3 is 13.8 Å². The molecule has 0 unspecified atom stereocenters. The highest BCUT2D eigenvalue weighted by atomic mass is 31.2. The van der Waals surface area contributed by atoms with Crippen LogP contribution in [0.15, 0.2) is 12.1 Å². The van der Waals surface area contributed by atoms with Crippen molar-refractivity contribution in [2.75, 3.05) is 20.3 Å². The number of benzene rings is 1. The van der Waals surface area contributed by atoms with Crippen LogP contribution in [0.25, 0.3) is 0 Å². The van der Waals surface area contributed by atoms with Crippen LogP contribution in [0, 0.1) is 0 Å². The molecule has 26 heavy (non-hydrogen) atoms. The quantitative estimate of drug-likeness (QED) is 0.503. The van der Waals surface area contributed by atoms with Gasteiger partial charge in [-0.05, 0) is 46.8 Å². The van der Waals surface area contributed by atoms with Crippen molar-refractivity contribution in [2.45, 2.75) is 46.8 Å². The second-order valence-corrected chi connectivity index (χ2v) is 7.79. The molecule has 0 atom stereocenters. The average molecular weight is 390 g/mol. The van der Waals surface area contributed by atoms with E-state index in [9.17, 15) is 14.5 Å². The molecular formula is C17H27O8P. The Morgan fingerprint density at radius 1 is 1.15 bits per heavy atom. The van der Waals surface area contributed by atoms with E-state index < -0.39 is 26.0 Å². The number of hydrogen-bond donors (Lipinski definition) is 1. The smallest absolute Gasteiger partial charge is 0.493 e.